The molecule has 20 heavy (non-hydrogen) atoms. The number of benzene rings is 1. The van der Waals surface area contributed by atoms with Crippen LogP contribution in [0.2, 0.25) is 0 Å². The van der Waals surface area contributed by atoms with E-state index in [1.807, 2.05) is 0 Å². The lowest BCUT2D eigenvalue weighted by Crippen LogP contribution is -2.42. The van der Waals surface area contributed by atoms with Gasteiger partial charge < -0.3 is 5.32 Å². The summed E-state index contributed by atoms with van der Waals surface area (Å²) >= 11 is 0. The van der Waals surface area contributed by atoms with Gasteiger partial charge in [0.25, 0.3) is 0 Å². The Morgan fingerprint density at radius 1 is 1.10 bits per heavy atom. The Kier molecular flexibility index (Phi) is 6.55. The molecule has 0 aromatic heterocycles. The monoisotopic (exact) mass is 274 g/mol. The van der Waals surface area contributed by atoms with Gasteiger partial charge in [0.15, 0.2) is 0 Å². The minimum Gasteiger partial charge on any atom is -0.315 e. The molecule has 0 fully saturated rings. The standard InChI is InChI=1S/C18H30N2/c1-3-4-7-12-19-15-16(2)20-13-10-17-8-5-6-9-18(17)11-14-20/h5-6,8-9,16,19H,3-4,7,10-15H2,1-2H3. The Balaban J connectivity index is 1.74. The van der Waals surface area contributed by atoms with Gasteiger partial charge in [0.2, 0.25) is 0 Å². The molecule has 1 aromatic rings. The zero-order valence-electron chi connectivity index (χ0n) is 13.2. The van der Waals surface area contributed by atoms with Crippen molar-refractivity contribution >= 4 is 0 Å². The van der Waals surface area contributed by atoms with Crippen LogP contribution in [0.25, 0.3) is 0 Å². The molecule has 0 aliphatic carbocycles. The fraction of sp³-hybridized carbons (Fsp3) is 0.667. The van der Waals surface area contributed by atoms with Gasteiger partial charge in [0, 0.05) is 25.7 Å². The summed E-state index contributed by atoms with van der Waals surface area (Å²) in [6, 6.07) is 9.59. The van der Waals surface area contributed by atoms with E-state index in [4.69, 9.17) is 0 Å². The second-order valence-electron chi connectivity index (χ2n) is 6.06. The van der Waals surface area contributed by atoms with E-state index in [1.165, 1.54) is 51.7 Å². The van der Waals surface area contributed by atoms with E-state index >= 15 is 0 Å². The van der Waals surface area contributed by atoms with Gasteiger partial charge in [0.05, 0.1) is 0 Å². The summed E-state index contributed by atoms with van der Waals surface area (Å²) < 4.78 is 0. The second kappa shape index (κ2) is 8.43. The highest BCUT2D eigenvalue weighted by Gasteiger charge is 2.17. The van der Waals surface area contributed by atoms with Crippen molar-refractivity contribution in [1.82, 2.24) is 10.2 Å². The molecule has 1 aliphatic heterocycles. The van der Waals surface area contributed by atoms with Crippen LogP contribution in [0.3, 0.4) is 0 Å². The average molecular weight is 274 g/mol. The average Bonchev–Trinajstić information content (AvgIpc) is 2.69. The molecule has 2 rings (SSSR count). The number of hydrogen-bond donors (Lipinski definition) is 1. The molecular formula is C18H30N2. The smallest absolute Gasteiger partial charge is 0.0192 e. The molecule has 0 amide bonds. The van der Waals surface area contributed by atoms with Gasteiger partial charge in [-0.1, -0.05) is 44.0 Å². The molecule has 1 unspecified atom stereocenters. The Morgan fingerprint density at radius 2 is 1.75 bits per heavy atom. The van der Waals surface area contributed by atoms with E-state index in [1.54, 1.807) is 11.1 Å². The van der Waals surface area contributed by atoms with Crippen LogP contribution in [0.15, 0.2) is 24.3 Å². The van der Waals surface area contributed by atoms with Gasteiger partial charge in [-0.2, -0.15) is 0 Å². The lowest BCUT2D eigenvalue weighted by molar-refractivity contribution is 0.214. The predicted molar refractivity (Wildman–Crippen MR) is 87.3 cm³/mol. The first-order valence-electron chi connectivity index (χ1n) is 8.32. The van der Waals surface area contributed by atoms with Gasteiger partial charge >= 0.3 is 0 Å². The third-order valence-electron chi connectivity index (χ3n) is 4.48. The number of unbranched alkanes of at least 4 members (excludes halogenated alkanes) is 2. The molecule has 1 atom stereocenters. The maximum atomic E-state index is 3.62. The summed E-state index contributed by atoms with van der Waals surface area (Å²) in [7, 11) is 0. The Bertz CT molecular complexity index is 362. The van der Waals surface area contributed by atoms with Crippen LogP contribution >= 0.6 is 0 Å². The number of fused-ring (bicyclic) bond motifs is 1. The molecule has 2 heteroatoms. The quantitative estimate of drug-likeness (QED) is 0.768. The molecular weight excluding hydrogens is 244 g/mol. The molecule has 0 saturated carbocycles. The summed E-state index contributed by atoms with van der Waals surface area (Å²) in [5.74, 6) is 0. The summed E-state index contributed by atoms with van der Waals surface area (Å²) in [5, 5.41) is 3.62. The van der Waals surface area contributed by atoms with Crippen molar-refractivity contribution in [2.75, 3.05) is 26.2 Å². The highest BCUT2D eigenvalue weighted by atomic mass is 15.2. The fourth-order valence-electron chi connectivity index (χ4n) is 3.07. The second-order valence-corrected chi connectivity index (χ2v) is 6.06. The summed E-state index contributed by atoms with van der Waals surface area (Å²) in [6.07, 6.45) is 6.38. The van der Waals surface area contributed by atoms with Gasteiger partial charge in [-0.15, -0.1) is 0 Å². The van der Waals surface area contributed by atoms with E-state index in [0.29, 0.717) is 6.04 Å². The van der Waals surface area contributed by atoms with Crippen LogP contribution in [0.5, 0.6) is 0 Å². The molecule has 1 heterocycles. The van der Waals surface area contributed by atoms with Crippen LogP contribution < -0.4 is 5.32 Å². The molecule has 0 spiro atoms. The number of hydrogen-bond acceptors (Lipinski definition) is 2. The number of rotatable bonds is 7. The highest BCUT2D eigenvalue weighted by Crippen LogP contribution is 2.16. The highest BCUT2D eigenvalue weighted by molar-refractivity contribution is 5.28. The van der Waals surface area contributed by atoms with Gasteiger partial charge in [-0.05, 0) is 43.9 Å². The third-order valence-corrected chi connectivity index (χ3v) is 4.48. The lowest BCUT2D eigenvalue weighted by Gasteiger charge is -2.27. The van der Waals surface area contributed by atoms with Crippen molar-refractivity contribution in [2.24, 2.45) is 0 Å². The number of nitrogens with one attached hydrogen (secondary N) is 1. The molecule has 1 N–H and O–H groups in total. The SMILES string of the molecule is CCCCCNCC(C)N1CCc2ccccc2CC1. The van der Waals surface area contributed by atoms with E-state index in [9.17, 15) is 0 Å². The van der Waals surface area contributed by atoms with Crippen molar-refractivity contribution < 1.29 is 0 Å². The first-order valence-corrected chi connectivity index (χ1v) is 8.32. The Hall–Kier alpha value is -0.860. The predicted octanol–water partition coefficient (Wildman–Crippen LogP) is 3.26. The van der Waals surface area contributed by atoms with E-state index in [2.05, 4.69) is 48.3 Å². The molecule has 0 bridgehead atoms. The van der Waals surface area contributed by atoms with Gasteiger partial charge in [-0.3, -0.25) is 4.90 Å². The molecule has 1 aromatic carbocycles. The topological polar surface area (TPSA) is 15.3 Å². The minimum atomic E-state index is 0.644. The number of nitrogens with zero attached hydrogens (tertiary/aromatic N) is 1. The van der Waals surface area contributed by atoms with Crippen LogP contribution in [0.1, 0.15) is 44.2 Å². The van der Waals surface area contributed by atoms with Crippen LogP contribution in [0.4, 0.5) is 0 Å². The zero-order chi connectivity index (χ0) is 14.2. The summed E-state index contributed by atoms with van der Waals surface area (Å²) in [4.78, 5) is 2.65. The zero-order valence-corrected chi connectivity index (χ0v) is 13.2. The molecule has 1 aliphatic rings. The van der Waals surface area contributed by atoms with Crippen molar-refractivity contribution in [2.45, 2.75) is 52.0 Å². The molecule has 2 nitrogen and oxygen atoms in total. The fourth-order valence-corrected chi connectivity index (χ4v) is 3.07. The lowest BCUT2D eigenvalue weighted by atomic mass is 10.0. The first kappa shape index (κ1) is 15.5. The van der Waals surface area contributed by atoms with Gasteiger partial charge in [0.1, 0.15) is 0 Å². The summed E-state index contributed by atoms with van der Waals surface area (Å²) in [5.41, 5.74) is 3.11. The minimum absolute atomic E-state index is 0.644. The van der Waals surface area contributed by atoms with E-state index < -0.39 is 0 Å². The van der Waals surface area contributed by atoms with Crippen LogP contribution in [-0.4, -0.2) is 37.1 Å². The van der Waals surface area contributed by atoms with Crippen molar-refractivity contribution in [1.29, 1.82) is 0 Å². The Labute approximate surface area is 124 Å². The van der Waals surface area contributed by atoms with Gasteiger partial charge in [-0.25, -0.2) is 0 Å². The Morgan fingerprint density at radius 3 is 2.35 bits per heavy atom. The molecule has 0 saturated heterocycles. The van der Waals surface area contributed by atoms with E-state index in [0.717, 1.165) is 6.54 Å². The van der Waals surface area contributed by atoms with E-state index in [-0.39, 0.29) is 0 Å². The van der Waals surface area contributed by atoms with Crippen LogP contribution in [0, 0.1) is 0 Å². The van der Waals surface area contributed by atoms with Crippen LogP contribution in [-0.2, 0) is 12.8 Å². The molecule has 0 radical (unpaired) electrons. The van der Waals surface area contributed by atoms with Crippen molar-refractivity contribution in [3.05, 3.63) is 35.4 Å². The summed E-state index contributed by atoms with van der Waals surface area (Å²) in [6.45, 7) is 9.33. The maximum absolute atomic E-state index is 3.62. The third kappa shape index (κ3) is 4.60. The normalized spacial score (nSPS) is 17.5. The maximum Gasteiger partial charge on any atom is 0.0192 e. The molecule has 112 valence electrons. The van der Waals surface area contributed by atoms with Crippen molar-refractivity contribution in [3.63, 3.8) is 0 Å². The van der Waals surface area contributed by atoms with Crippen molar-refractivity contribution in [3.8, 4) is 0 Å². The first-order chi connectivity index (χ1) is 9.81. The largest absolute Gasteiger partial charge is 0.315 e.